The van der Waals surface area contributed by atoms with Crippen molar-refractivity contribution in [2.45, 2.75) is 0 Å². The number of fused-ring (bicyclic) bond motifs is 1. The molecule has 1 aliphatic heterocycles. The Labute approximate surface area is 218 Å². The van der Waals surface area contributed by atoms with E-state index in [1.165, 1.54) is 18.2 Å². The summed E-state index contributed by atoms with van der Waals surface area (Å²) >= 11 is 6.55. The maximum absolute atomic E-state index is 12.9. The van der Waals surface area contributed by atoms with Crippen LogP contribution in [0.5, 0.6) is 0 Å². The number of nitro benzene ring substituents is 1. The van der Waals surface area contributed by atoms with Gasteiger partial charge in [0.15, 0.2) is 0 Å². The SMILES string of the molecule is O=C(CN1C(=O)S/C(=C/c2ccc(-c3ccc(Cl)c([N+](=O)[O-])c3)o2)C1=O)Nc1cccc2ccccc12. The third-order valence-corrected chi connectivity index (χ3v) is 6.79. The van der Waals surface area contributed by atoms with E-state index < -0.39 is 28.5 Å². The fraction of sp³-hybridized carbons (Fsp3) is 0.0385. The van der Waals surface area contributed by atoms with Gasteiger partial charge in [0.2, 0.25) is 5.91 Å². The van der Waals surface area contributed by atoms with Crippen LogP contribution in [0, 0.1) is 10.1 Å². The van der Waals surface area contributed by atoms with Crippen molar-refractivity contribution >= 4 is 68.6 Å². The number of benzene rings is 3. The predicted octanol–water partition coefficient (Wildman–Crippen LogP) is 6.34. The lowest BCUT2D eigenvalue weighted by Crippen LogP contribution is -2.36. The normalized spacial score (nSPS) is 14.5. The van der Waals surface area contributed by atoms with Crippen LogP contribution in [0.1, 0.15) is 5.76 Å². The molecule has 0 radical (unpaired) electrons. The molecule has 184 valence electrons. The lowest BCUT2D eigenvalue weighted by molar-refractivity contribution is -0.384. The van der Waals surface area contributed by atoms with Gasteiger partial charge in [-0.05, 0) is 47.5 Å². The number of nitro groups is 1. The van der Waals surface area contributed by atoms with E-state index in [1.54, 1.807) is 30.3 Å². The second kappa shape index (κ2) is 9.92. The smallest absolute Gasteiger partial charge is 0.294 e. The number of halogens is 1. The summed E-state index contributed by atoms with van der Waals surface area (Å²) in [6.45, 7) is -0.441. The van der Waals surface area contributed by atoms with Gasteiger partial charge in [0.05, 0.1) is 9.83 Å². The van der Waals surface area contributed by atoms with Crippen LogP contribution in [-0.4, -0.2) is 33.4 Å². The average Bonchev–Trinajstić information content (AvgIpc) is 3.44. The molecule has 0 bridgehead atoms. The summed E-state index contributed by atoms with van der Waals surface area (Å²) in [5.41, 5.74) is 0.741. The van der Waals surface area contributed by atoms with Gasteiger partial charge in [0.1, 0.15) is 23.1 Å². The summed E-state index contributed by atoms with van der Waals surface area (Å²) in [5, 5.41) is 15.1. The molecule has 1 N–H and O–H groups in total. The number of thioether (sulfide) groups is 1. The van der Waals surface area contributed by atoms with Crippen molar-refractivity contribution in [3.63, 3.8) is 0 Å². The highest BCUT2D eigenvalue weighted by atomic mass is 35.5. The topological polar surface area (TPSA) is 123 Å². The van der Waals surface area contributed by atoms with Crippen molar-refractivity contribution in [3.05, 3.63) is 98.6 Å². The van der Waals surface area contributed by atoms with E-state index in [0.29, 0.717) is 28.8 Å². The van der Waals surface area contributed by atoms with Gasteiger partial charge in [-0.15, -0.1) is 0 Å². The van der Waals surface area contributed by atoms with Crippen molar-refractivity contribution in [1.29, 1.82) is 0 Å². The third-order valence-electron chi connectivity index (χ3n) is 5.57. The molecule has 1 fully saturated rings. The van der Waals surface area contributed by atoms with Gasteiger partial charge >= 0.3 is 0 Å². The molecule has 0 spiro atoms. The summed E-state index contributed by atoms with van der Waals surface area (Å²) < 4.78 is 5.71. The van der Waals surface area contributed by atoms with Gasteiger partial charge in [-0.2, -0.15) is 0 Å². The first-order valence-electron chi connectivity index (χ1n) is 10.9. The predicted molar refractivity (Wildman–Crippen MR) is 141 cm³/mol. The van der Waals surface area contributed by atoms with Gasteiger partial charge in [0.25, 0.3) is 16.8 Å². The molecule has 5 rings (SSSR count). The molecule has 9 nitrogen and oxygen atoms in total. The minimum absolute atomic E-state index is 0.00121. The third kappa shape index (κ3) is 4.97. The Balaban J connectivity index is 1.30. The Morgan fingerprint density at radius 1 is 1.08 bits per heavy atom. The maximum atomic E-state index is 12.9. The number of carbonyl (C=O) groups excluding carboxylic acids is 3. The zero-order valence-electron chi connectivity index (χ0n) is 18.8. The van der Waals surface area contributed by atoms with Crippen LogP contribution in [0.3, 0.4) is 0 Å². The maximum Gasteiger partial charge on any atom is 0.294 e. The summed E-state index contributed by atoms with van der Waals surface area (Å²) in [4.78, 5) is 49.5. The first-order valence-corrected chi connectivity index (χ1v) is 12.1. The Kier molecular flexibility index (Phi) is 6.51. The zero-order valence-corrected chi connectivity index (χ0v) is 20.4. The molecule has 0 saturated carbocycles. The lowest BCUT2D eigenvalue weighted by Gasteiger charge is -2.13. The fourth-order valence-corrected chi connectivity index (χ4v) is 4.83. The Bertz CT molecular complexity index is 1620. The van der Waals surface area contributed by atoms with Crippen LogP contribution in [0.4, 0.5) is 16.2 Å². The number of carbonyl (C=O) groups is 3. The van der Waals surface area contributed by atoms with Crippen molar-refractivity contribution in [1.82, 2.24) is 4.90 Å². The zero-order chi connectivity index (χ0) is 26.1. The average molecular weight is 534 g/mol. The van der Waals surface area contributed by atoms with Crippen LogP contribution in [0.2, 0.25) is 5.02 Å². The second-order valence-corrected chi connectivity index (χ2v) is 9.37. The molecule has 3 aromatic carbocycles. The second-order valence-electron chi connectivity index (χ2n) is 7.97. The number of imide groups is 1. The van der Waals surface area contributed by atoms with E-state index in [-0.39, 0.29) is 21.4 Å². The molecule has 37 heavy (non-hydrogen) atoms. The molecule has 1 aliphatic rings. The first-order chi connectivity index (χ1) is 17.8. The van der Waals surface area contributed by atoms with Crippen molar-refractivity contribution in [3.8, 4) is 11.3 Å². The highest BCUT2D eigenvalue weighted by molar-refractivity contribution is 8.18. The molecular weight excluding hydrogens is 518 g/mol. The highest BCUT2D eigenvalue weighted by Crippen LogP contribution is 2.35. The van der Waals surface area contributed by atoms with Gasteiger partial charge in [0, 0.05) is 28.8 Å². The van der Waals surface area contributed by atoms with Crippen LogP contribution < -0.4 is 5.32 Å². The van der Waals surface area contributed by atoms with Gasteiger partial charge in [-0.1, -0.05) is 48.0 Å². The summed E-state index contributed by atoms with van der Waals surface area (Å²) in [7, 11) is 0. The Morgan fingerprint density at radius 2 is 1.86 bits per heavy atom. The van der Waals surface area contributed by atoms with E-state index in [9.17, 15) is 24.5 Å². The minimum Gasteiger partial charge on any atom is -0.457 e. The van der Waals surface area contributed by atoms with Gasteiger partial charge in [-0.25, -0.2) is 0 Å². The number of rotatable bonds is 6. The number of hydrogen-bond acceptors (Lipinski definition) is 7. The van der Waals surface area contributed by atoms with Gasteiger partial charge in [-0.3, -0.25) is 29.4 Å². The van der Waals surface area contributed by atoms with E-state index in [4.69, 9.17) is 16.0 Å². The van der Waals surface area contributed by atoms with E-state index in [0.717, 1.165) is 15.7 Å². The molecule has 1 aromatic heterocycles. The molecule has 2 heterocycles. The fourth-order valence-electron chi connectivity index (χ4n) is 3.82. The Morgan fingerprint density at radius 3 is 2.68 bits per heavy atom. The number of nitrogens with one attached hydrogen (secondary N) is 1. The van der Waals surface area contributed by atoms with Gasteiger partial charge < -0.3 is 9.73 Å². The van der Waals surface area contributed by atoms with Crippen LogP contribution in [0.15, 0.2) is 82.1 Å². The minimum atomic E-state index is -0.622. The van der Waals surface area contributed by atoms with Crippen LogP contribution >= 0.6 is 23.4 Å². The number of hydrogen-bond donors (Lipinski definition) is 1. The summed E-state index contributed by atoms with van der Waals surface area (Å²) in [6.07, 6.45) is 1.39. The quantitative estimate of drug-likeness (QED) is 0.174. The molecule has 0 atom stereocenters. The molecule has 11 heteroatoms. The number of anilines is 1. The molecule has 3 amide bonds. The standard InChI is InChI=1S/C26H16ClN3O6S/c27-19-10-8-16(12-21(19)30(34)35)22-11-9-17(36-22)13-23-25(32)29(26(33)37-23)14-24(31)28-20-7-3-5-15-4-1-2-6-18(15)20/h1-13H,14H2,(H,28,31)/b23-13+. The molecule has 1 saturated heterocycles. The number of nitrogens with zero attached hydrogens (tertiary/aromatic N) is 2. The molecule has 4 aromatic rings. The van der Waals surface area contributed by atoms with E-state index in [1.807, 2.05) is 30.3 Å². The monoisotopic (exact) mass is 533 g/mol. The largest absolute Gasteiger partial charge is 0.457 e. The first kappa shape index (κ1) is 24.3. The van der Waals surface area contributed by atoms with Crippen molar-refractivity contribution < 1.29 is 23.7 Å². The van der Waals surface area contributed by atoms with Crippen molar-refractivity contribution in [2.75, 3.05) is 11.9 Å². The molecular formula is C26H16ClN3O6S. The number of furan rings is 1. The van der Waals surface area contributed by atoms with Crippen LogP contribution in [0.25, 0.3) is 28.2 Å². The highest BCUT2D eigenvalue weighted by Gasteiger charge is 2.36. The van der Waals surface area contributed by atoms with E-state index >= 15 is 0 Å². The number of amides is 3. The van der Waals surface area contributed by atoms with Crippen LogP contribution in [-0.2, 0) is 9.59 Å². The summed E-state index contributed by atoms with van der Waals surface area (Å²) in [5.74, 6) is -0.550. The summed E-state index contributed by atoms with van der Waals surface area (Å²) in [6, 6.07) is 20.4. The van der Waals surface area contributed by atoms with Crippen molar-refractivity contribution in [2.24, 2.45) is 0 Å². The molecule has 0 aliphatic carbocycles. The molecule has 0 unspecified atom stereocenters. The van der Waals surface area contributed by atoms with E-state index in [2.05, 4.69) is 5.32 Å². The Hall–Kier alpha value is -4.41. The lowest BCUT2D eigenvalue weighted by atomic mass is 10.1.